The van der Waals surface area contributed by atoms with Crippen molar-refractivity contribution in [2.24, 2.45) is 9.98 Å². The lowest BCUT2D eigenvalue weighted by Crippen LogP contribution is -2.16. The van der Waals surface area contributed by atoms with Gasteiger partial charge in [-0.25, -0.2) is 4.99 Å². The number of allylic oxidation sites excluding steroid dienone is 1. The number of ether oxygens (including phenoxy) is 2. The lowest BCUT2D eigenvalue weighted by Gasteiger charge is -2.14. The summed E-state index contributed by atoms with van der Waals surface area (Å²) in [6, 6.07) is 13.6. The van der Waals surface area contributed by atoms with Gasteiger partial charge in [0.25, 0.3) is 0 Å². The van der Waals surface area contributed by atoms with E-state index in [-0.39, 0.29) is 17.5 Å². The number of methoxy groups -OCH3 is 1. The molecule has 0 aliphatic carbocycles. The highest BCUT2D eigenvalue weighted by Crippen LogP contribution is 2.24. The standard InChI is InChI=1S/C26H33N5O2S/c1-16(2)34-21-11-9-20(10-12-21)17(3)31-24(18(4)30-6)26(28)33-25(27)22-13-8-19(15-29-5)14-23(22)32-7/h8-14,16,27-29H,6,15H2,1-5,7H3/b24-18-,27-25?,28-26?,31-17?. The predicted octanol–water partition coefficient (Wildman–Crippen LogP) is 5.68. The summed E-state index contributed by atoms with van der Waals surface area (Å²) in [5.74, 6) is -0.00795. The molecular weight excluding hydrogens is 446 g/mol. The highest BCUT2D eigenvalue weighted by Gasteiger charge is 2.17. The van der Waals surface area contributed by atoms with Crippen LogP contribution in [0.5, 0.6) is 5.75 Å². The van der Waals surface area contributed by atoms with Gasteiger partial charge in [-0.2, -0.15) is 0 Å². The summed E-state index contributed by atoms with van der Waals surface area (Å²) in [6.07, 6.45) is 0. The third kappa shape index (κ3) is 7.40. The van der Waals surface area contributed by atoms with E-state index in [1.807, 2.05) is 38.2 Å². The van der Waals surface area contributed by atoms with Crippen molar-refractivity contribution in [3.8, 4) is 5.75 Å². The molecule has 0 aliphatic heterocycles. The normalized spacial score (nSPS) is 12.3. The van der Waals surface area contributed by atoms with E-state index in [4.69, 9.17) is 20.3 Å². The van der Waals surface area contributed by atoms with Crippen molar-refractivity contribution in [2.45, 2.75) is 44.4 Å². The summed E-state index contributed by atoms with van der Waals surface area (Å²) in [7, 11) is 3.40. The van der Waals surface area contributed by atoms with Gasteiger partial charge in [-0.3, -0.25) is 15.8 Å². The molecule has 0 saturated carbocycles. The Labute approximate surface area is 206 Å². The molecule has 180 valence electrons. The molecule has 8 heteroatoms. The fourth-order valence-corrected chi connectivity index (χ4v) is 3.93. The van der Waals surface area contributed by atoms with E-state index in [2.05, 4.69) is 48.0 Å². The Morgan fingerprint density at radius 3 is 2.35 bits per heavy atom. The van der Waals surface area contributed by atoms with Crippen LogP contribution < -0.4 is 10.1 Å². The highest BCUT2D eigenvalue weighted by atomic mass is 32.2. The van der Waals surface area contributed by atoms with Gasteiger partial charge in [0.05, 0.1) is 18.4 Å². The molecule has 0 spiro atoms. The maximum atomic E-state index is 8.49. The van der Waals surface area contributed by atoms with Crippen LogP contribution >= 0.6 is 11.8 Å². The number of benzene rings is 2. The smallest absolute Gasteiger partial charge is 0.241 e. The van der Waals surface area contributed by atoms with E-state index in [1.54, 1.807) is 24.8 Å². The number of nitrogens with zero attached hydrogens (tertiary/aromatic N) is 2. The van der Waals surface area contributed by atoms with Gasteiger partial charge in [0, 0.05) is 22.4 Å². The van der Waals surface area contributed by atoms with Gasteiger partial charge < -0.3 is 14.8 Å². The van der Waals surface area contributed by atoms with Crippen LogP contribution in [0, 0.1) is 10.8 Å². The van der Waals surface area contributed by atoms with Crippen molar-refractivity contribution in [2.75, 3.05) is 14.2 Å². The lowest BCUT2D eigenvalue weighted by atomic mass is 10.1. The zero-order chi connectivity index (χ0) is 25.3. The van der Waals surface area contributed by atoms with Crippen molar-refractivity contribution in [1.29, 1.82) is 10.8 Å². The van der Waals surface area contributed by atoms with E-state index < -0.39 is 0 Å². The highest BCUT2D eigenvalue weighted by molar-refractivity contribution is 7.99. The van der Waals surface area contributed by atoms with E-state index in [9.17, 15) is 0 Å². The molecule has 2 aromatic rings. The average molecular weight is 480 g/mol. The molecule has 0 fully saturated rings. The molecule has 2 rings (SSSR count). The average Bonchev–Trinajstić information content (AvgIpc) is 2.81. The zero-order valence-electron chi connectivity index (χ0n) is 20.7. The first-order valence-electron chi connectivity index (χ1n) is 10.9. The van der Waals surface area contributed by atoms with Gasteiger partial charge in [0.2, 0.25) is 11.8 Å². The maximum Gasteiger partial charge on any atom is 0.241 e. The van der Waals surface area contributed by atoms with Crippen molar-refractivity contribution >= 4 is 36.0 Å². The first kappa shape index (κ1) is 27.0. The molecule has 0 saturated heterocycles. The second-order valence-corrected chi connectivity index (χ2v) is 9.46. The number of aliphatic imine (C=N–C) groups is 2. The van der Waals surface area contributed by atoms with Gasteiger partial charge in [-0.1, -0.05) is 32.0 Å². The topological polar surface area (TPSA) is 103 Å². The summed E-state index contributed by atoms with van der Waals surface area (Å²) < 4.78 is 11.0. The molecule has 3 N–H and O–H groups in total. The van der Waals surface area contributed by atoms with Gasteiger partial charge in [0.1, 0.15) is 11.4 Å². The Balaban J connectivity index is 2.28. The van der Waals surface area contributed by atoms with Crippen LogP contribution in [0.15, 0.2) is 68.7 Å². The third-order valence-corrected chi connectivity index (χ3v) is 5.83. The van der Waals surface area contributed by atoms with E-state index in [0.29, 0.717) is 34.5 Å². The summed E-state index contributed by atoms with van der Waals surface area (Å²) in [5, 5.41) is 20.5. The number of hydrogen-bond acceptors (Lipinski definition) is 8. The Morgan fingerprint density at radius 1 is 1.12 bits per heavy atom. The Bertz CT molecular complexity index is 1100. The van der Waals surface area contributed by atoms with E-state index in [1.165, 1.54) is 12.0 Å². The second-order valence-electron chi connectivity index (χ2n) is 7.81. The molecule has 0 unspecified atom stereocenters. The van der Waals surface area contributed by atoms with Crippen molar-refractivity contribution in [3.05, 3.63) is 70.5 Å². The van der Waals surface area contributed by atoms with Crippen molar-refractivity contribution in [1.82, 2.24) is 5.32 Å². The monoisotopic (exact) mass is 479 g/mol. The summed E-state index contributed by atoms with van der Waals surface area (Å²) >= 11 is 1.79. The molecule has 7 nitrogen and oxygen atoms in total. The summed E-state index contributed by atoms with van der Waals surface area (Å²) in [4.78, 5) is 9.74. The van der Waals surface area contributed by atoms with Gasteiger partial charge in [-0.15, -0.1) is 11.8 Å². The van der Waals surface area contributed by atoms with Crippen LogP contribution in [-0.2, 0) is 11.3 Å². The minimum absolute atomic E-state index is 0.212. The Hall–Kier alpha value is -3.23. The van der Waals surface area contributed by atoms with E-state index in [0.717, 1.165) is 11.1 Å². The first-order chi connectivity index (χ1) is 16.2. The van der Waals surface area contributed by atoms with Gasteiger partial charge >= 0.3 is 0 Å². The molecule has 0 aromatic heterocycles. The quantitative estimate of drug-likeness (QED) is 0.232. The minimum Gasteiger partial charge on any atom is -0.496 e. The molecule has 2 aromatic carbocycles. The zero-order valence-corrected chi connectivity index (χ0v) is 21.5. The molecule has 0 heterocycles. The molecule has 0 amide bonds. The Kier molecular flexibility index (Phi) is 10.2. The van der Waals surface area contributed by atoms with Gasteiger partial charge in [-0.05, 0) is 63.0 Å². The van der Waals surface area contributed by atoms with E-state index >= 15 is 0 Å². The van der Waals surface area contributed by atoms with Crippen LogP contribution in [0.3, 0.4) is 0 Å². The van der Waals surface area contributed by atoms with Crippen LogP contribution in [0.25, 0.3) is 0 Å². The van der Waals surface area contributed by atoms with Crippen LogP contribution in [0.2, 0.25) is 0 Å². The third-order valence-electron chi connectivity index (χ3n) is 4.81. The molecule has 0 bridgehead atoms. The lowest BCUT2D eigenvalue weighted by molar-refractivity contribution is 0.410. The Morgan fingerprint density at radius 2 is 1.79 bits per heavy atom. The van der Waals surface area contributed by atoms with Crippen molar-refractivity contribution in [3.63, 3.8) is 0 Å². The summed E-state index contributed by atoms with van der Waals surface area (Å²) in [5.41, 5.74) is 3.72. The number of hydrogen-bond donors (Lipinski definition) is 3. The molecule has 0 aliphatic rings. The molecule has 0 radical (unpaired) electrons. The van der Waals surface area contributed by atoms with Crippen molar-refractivity contribution < 1.29 is 9.47 Å². The second kappa shape index (κ2) is 12.9. The first-order valence-corrected chi connectivity index (χ1v) is 11.7. The fourth-order valence-electron chi connectivity index (χ4n) is 3.09. The predicted molar refractivity (Wildman–Crippen MR) is 143 cm³/mol. The number of thioether (sulfide) groups is 1. The minimum atomic E-state index is -0.289. The largest absolute Gasteiger partial charge is 0.496 e. The SMILES string of the molecule is C=N/C(C)=C(\N=C(C)c1ccc(SC(C)C)cc1)C(=N)OC(=N)c1ccc(CNC)cc1OC. The fraction of sp³-hybridized carbons (Fsp3) is 0.308. The van der Waals surface area contributed by atoms with Crippen LogP contribution in [0.1, 0.15) is 44.4 Å². The number of rotatable bonds is 10. The van der Waals surface area contributed by atoms with Crippen LogP contribution in [0.4, 0.5) is 0 Å². The molecular formula is C26H33N5O2S. The van der Waals surface area contributed by atoms with Crippen LogP contribution in [-0.4, -0.2) is 43.6 Å². The maximum absolute atomic E-state index is 8.49. The molecule has 0 atom stereocenters. The number of nitrogens with one attached hydrogen (secondary N) is 3. The summed E-state index contributed by atoms with van der Waals surface area (Å²) in [6.45, 7) is 12.1. The van der Waals surface area contributed by atoms with Gasteiger partial charge in [0.15, 0.2) is 0 Å². The molecule has 34 heavy (non-hydrogen) atoms.